The third kappa shape index (κ3) is 3.00. The van der Waals surface area contributed by atoms with Crippen molar-refractivity contribution in [3.05, 3.63) is 75.3 Å². The summed E-state index contributed by atoms with van der Waals surface area (Å²) in [5, 5.41) is 22.7. The minimum Gasteiger partial charge on any atom is -0.342 e. The Balaban J connectivity index is 1.60. The van der Waals surface area contributed by atoms with Gasteiger partial charge < -0.3 is 5.32 Å². The molecule has 1 amide bonds. The highest BCUT2D eigenvalue weighted by molar-refractivity contribution is 5.96. The van der Waals surface area contributed by atoms with Crippen molar-refractivity contribution in [3.63, 3.8) is 0 Å². The molecule has 1 aliphatic rings. The molecule has 134 valence electrons. The molecule has 1 aromatic carbocycles. The van der Waals surface area contributed by atoms with Crippen molar-refractivity contribution in [2.45, 2.75) is 25.3 Å². The van der Waals surface area contributed by atoms with E-state index >= 15 is 0 Å². The summed E-state index contributed by atoms with van der Waals surface area (Å²) in [5.74, 6) is 0.192. The van der Waals surface area contributed by atoms with Gasteiger partial charge in [-0.25, -0.2) is 9.78 Å². The Kier molecular flexibility index (Phi) is 3.85. The van der Waals surface area contributed by atoms with Crippen LogP contribution in [-0.4, -0.2) is 25.9 Å². The number of rotatable bonds is 4. The molecule has 0 unspecified atom stereocenters. The van der Waals surface area contributed by atoms with E-state index in [0.29, 0.717) is 22.6 Å². The van der Waals surface area contributed by atoms with Gasteiger partial charge >= 0.3 is 0 Å². The van der Waals surface area contributed by atoms with Crippen molar-refractivity contribution in [2.24, 2.45) is 0 Å². The van der Waals surface area contributed by atoms with Crippen molar-refractivity contribution >= 4 is 5.91 Å². The number of H-pyrrole nitrogens is 1. The molecule has 27 heavy (non-hydrogen) atoms. The summed E-state index contributed by atoms with van der Waals surface area (Å²) in [6.07, 6.45) is 3.13. The molecule has 0 bridgehead atoms. The summed E-state index contributed by atoms with van der Waals surface area (Å²) in [6, 6.07) is 12.3. The zero-order chi connectivity index (χ0) is 19.0. The Labute approximate surface area is 154 Å². The number of nitriles is 1. The number of aromatic amines is 1. The number of aromatic nitrogens is 4. The van der Waals surface area contributed by atoms with Crippen LogP contribution in [0.15, 0.2) is 47.4 Å². The molecule has 1 saturated carbocycles. The SMILES string of the molecule is Cc1c(C(=O)NC2(c3cccc(C#N)c3)CC2)cnn1-c1ccc(=O)[nH]n1. The summed E-state index contributed by atoms with van der Waals surface area (Å²) in [4.78, 5) is 24.0. The third-order valence-corrected chi connectivity index (χ3v) is 4.78. The summed E-state index contributed by atoms with van der Waals surface area (Å²) < 4.78 is 1.50. The summed E-state index contributed by atoms with van der Waals surface area (Å²) in [6.45, 7) is 1.77. The molecule has 0 atom stereocenters. The second-order valence-corrected chi connectivity index (χ2v) is 6.56. The minimum atomic E-state index is -0.436. The molecule has 0 radical (unpaired) electrons. The fourth-order valence-electron chi connectivity index (χ4n) is 3.10. The highest BCUT2D eigenvalue weighted by Gasteiger charge is 2.46. The Morgan fingerprint density at radius 3 is 2.81 bits per heavy atom. The van der Waals surface area contributed by atoms with Gasteiger partial charge in [0, 0.05) is 6.07 Å². The van der Waals surface area contributed by atoms with E-state index in [4.69, 9.17) is 5.26 Å². The predicted octanol–water partition coefficient (Wildman–Crippen LogP) is 1.55. The summed E-state index contributed by atoms with van der Waals surface area (Å²) >= 11 is 0. The van der Waals surface area contributed by atoms with Gasteiger partial charge in [0.15, 0.2) is 5.82 Å². The normalized spacial score (nSPS) is 14.4. The molecular weight excluding hydrogens is 344 g/mol. The highest BCUT2D eigenvalue weighted by Crippen LogP contribution is 2.45. The molecule has 0 aliphatic heterocycles. The number of benzene rings is 1. The third-order valence-electron chi connectivity index (χ3n) is 4.78. The second kappa shape index (κ2) is 6.21. The van der Waals surface area contributed by atoms with E-state index in [1.165, 1.54) is 23.0 Å². The van der Waals surface area contributed by atoms with Gasteiger partial charge in [-0.15, -0.1) is 0 Å². The van der Waals surface area contributed by atoms with Gasteiger partial charge in [0.1, 0.15) is 0 Å². The molecule has 2 aromatic heterocycles. The zero-order valence-corrected chi connectivity index (χ0v) is 14.6. The van der Waals surface area contributed by atoms with E-state index in [-0.39, 0.29) is 11.5 Å². The number of hydrogen-bond acceptors (Lipinski definition) is 5. The Bertz CT molecular complexity index is 1110. The van der Waals surface area contributed by atoms with Gasteiger partial charge in [0.25, 0.3) is 11.5 Å². The first-order valence-corrected chi connectivity index (χ1v) is 8.46. The monoisotopic (exact) mass is 360 g/mol. The lowest BCUT2D eigenvalue weighted by atomic mass is 10.0. The second-order valence-electron chi connectivity index (χ2n) is 6.56. The summed E-state index contributed by atoms with van der Waals surface area (Å²) in [5.41, 5.74) is 1.81. The van der Waals surface area contributed by atoms with E-state index < -0.39 is 5.54 Å². The first kappa shape index (κ1) is 16.7. The Morgan fingerprint density at radius 1 is 1.33 bits per heavy atom. The molecule has 8 heteroatoms. The quantitative estimate of drug-likeness (QED) is 0.732. The van der Waals surface area contributed by atoms with Gasteiger partial charge in [0.2, 0.25) is 0 Å². The van der Waals surface area contributed by atoms with Crippen LogP contribution in [0.25, 0.3) is 5.82 Å². The van der Waals surface area contributed by atoms with Crippen LogP contribution in [0.1, 0.15) is 40.0 Å². The fourth-order valence-corrected chi connectivity index (χ4v) is 3.10. The molecule has 0 spiro atoms. The first-order valence-electron chi connectivity index (χ1n) is 8.46. The van der Waals surface area contributed by atoms with Crippen LogP contribution in [0.4, 0.5) is 0 Å². The average Bonchev–Trinajstić information content (AvgIpc) is 3.36. The topological polar surface area (TPSA) is 116 Å². The molecule has 1 fully saturated rings. The number of nitrogens with one attached hydrogen (secondary N) is 2. The molecule has 3 aromatic rings. The Hall–Kier alpha value is -3.73. The van der Waals surface area contributed by atoms with E-state index in [2.05, 4.69) is 26.7 Å². The molecular formula is C19H16N6O2. The molecule has 8 nitrogen and oxygen atoms in total. The number of amides is 1. The van der Waals surface area contributed by atoms with E-state index in [1.807, 2.05) is 18.2 Å². The first-order chi connectivity index (χ1) is 13.0. The lowest BCUT2D eigenvalue weighted by Gasteiger charge is -2.18. The lowest BCUT2D eigenvalue weighted by molar-refractivity contribution is 0.0930. The lowest BCUT2D eigenvalue weighted by Crippen LogP contribution is -2.35. The fraction of sp³-hybridized carbons (Fsp3) is 0.211. The average molecular weight is 360 g/mol. The van der Waals surface area contributed by atoms with Gasteiger partial charge in [-0.3, -0.25) is 9.59 Å². The molecule has 2 N–H and O–H groups in total. The molecule has 1 aliphatic carbocycles. The smallest absolute Gasteiger partial charge is 0.264 e. The Morgan fingerprint density at radius 2 is 2.15 bits per heavy atom. The van der Waals surface area contributed by atoms with E-state index in [9.17, 15) is 9.59 Å². The maximum Gasteiger partial charge on any atom is 0.264 e. The van der Waals surface area contributed by atoms with Gasteiger partial charge in [-0.1, -0.05) is 12.1 Å². The van der Waals surface area contributed by atoms with Crippen molar-refractivity contribution in [1.29, 1.82) is 5.26 Å². The van der Waals surface area contributed by atoms with Gasteiger partial charge in [-0.05, 0) is 43.5 Å². The molecule has 4 rings (SSSR count). The van der Waals surface area contributed by atoms with Gasteiger partial charge in [0.05, 0.1) is 34.6 Å². The van der Waals surface area contributed by atoms with Gasteiger partial charge in [-0.2, -0.15) is 15.5 Å². The van der Waals surface area contributed by atoms with Crippen LogP contribution in [-0.2, 0) is 5.54 Å². The van der Waals surface area contributed by atoms with Crippen molar-refractivity contribution < 1.29 is 4.79 Å². The maximum atomic E-state index is 12.8. The highest BCUT2D eigenvalue weighted by atomic mass is 16.2. The predicted molar refractivity (Wildman–Crippen MR) is 96.3 cm³/mol. The number of carbonyl (C=O) groups excluding carboxylic acids is 1. The van der Waals surface area contributed by atoms with Crippen LogP contribution >= 0.6 is 0 Å². The van der Waals surface area contributed by atoms with Crippen LogP contribution in [0.2, 0.25) is 0 Å². The molecule has 0 saturated heterocycles. The van der Waals surface area contributed by atoms with Crippen molar-refractivity contribution in [3.8, 4) is 11.9 Å². The molecule has 2 heterocycles. The van der Waals surface area contributed by atoms with Crippen LogP contribution in [0.3, 0.4) is 0 Å². The largest absolute Gasteiger partial charge is 0.342 e. The number of carbonyl (C=O) groups is 1. The van der Waals surface area contributed by atoms with Crippen LogP contribution in [0.5, 0.6) is 0 Å². The maximum absolute atomic E-state index is 12.8. The van der Waals surface area contributed by atoms with Crippen molar-refractivity contribution in [1.82, 2.24) is 25.3 Å². The summed E-state index contributed by atoms with van der Waals surface area (Å²) in [7, 11) is 0. The number of nitrogens with zero attached hydrogens (tertiary/aromatic N) is 4. The number of hydrogen-bond donors (Lipinski definition) is 2. The zero-order valence-electron chi connectivity index (χ0n) is 14.6. The standard InChI is InChI=1S/C19H16N6O2/c1-12-15(11-21-25(12)16-5-6-17(26)24-23-16)18(27)22-19(7-8-19)14-4-2-3-13(9-14)10-20/h2-6,9,11H,7-8H2,1H3,(H,22,27)(H,24,26). The van der Waals surface area contributed by atoms with E-state index in [0.717, 1.165) is 18.4 Å². The van der Waals surface area contributed by atoms with Crippen LogP contribution < -0.4 is 10.9 Å². The van der Waals surface area contributed by atoms with Crippen molar-refractivity contribution in [2.75, 3.05) is 0 Å². The van der Waals surface area contributed by atoms with E-state index in [1.54, 1.807) is 13.0 Å². The van der Waals surface area contributed by atoms with Crippen LogP contribution in [0, 0.1) is 18.3 Å². The minimum absolute atomic E-state index is 0.233.